The third-order valence-electron chi connectivity index (χ3n) is 4.26. The second kappa shape index (κ2) is 6.86. The molecule has 2 aromatic carbocycles. The van der Waals surface area contributed by atoms with Gasteiger partial charge in [0.2, 0.25) is 0 Å². The number of carboxylic acids is 1. The van der Waals surface area contributed by atoms with E-state index in [4.69, 9.17) is 5.11 Å². The molecule has 0 aliphatic rings. The number of fused-ring (bicyclic) bond motifs is 1. The predicted octanol–water partition coefficient (Wildman–Crippen LogP) is 3.64. The molecule has 1 N–H and O–H groups in total. The number of nitrogens with zero attached hydrogens (tertiary/aromatic N) is 2. The molecule has 140 valence electrons. The lowest BCUT2D eigenvalue weighted by Crippen LogP contribution is -2.25. The van der Waals surface area contributed by atoms with E-state index in [2.05, 4.69) is 5.10 Å². The smallest absolute Gasteiger partial charge is 0.435 e. The van der Waals surface area contributed by atoms with Crippen molar-refractivity contribution in [2.24, 2.45) is 7.05 Å². The minimum Gasteiger partial charge on any atom is -0.481 e. The van der Waals surface area contributed by atoms with Crippen LogP contribution in [0.25, 0.3) is 21.9 Å². The summed E-state index contributed by atoms with van der Waals surface area (Å²) in [5, 5.41) is 13.5. The van der Waals surface area contributed by atoms with Crippen molar-refractivity contribution in [1.82, 2.24) is 9.78 Å². The van der Waals surface area contributed by atoms with Crippen molar-refractivity contribution < 1.29 is 23.1 Å². The van der Waals surface area contributed by atoms with E-state index in [1.807, 2.05) is 0 Å². The highest BCUT2D eigenvalue weighted by atomic mass is 19.4. The molecule has 1 heterocycles. The minimum absolute atomic E-state index is 0.0708. The molecule has 5 nitrogen and oxygen atoms in total. The van der Waals surface area contributed by atoms with Crippen molar-refractivity contribution in [2.45, 2.75) is 19.0 Å². The Morgan fingerprint density at radius 2 is 1.78 bits per heavy atom. The zero-order chi connectivity index (χ0) is 19.8. The maximum atomic E-state index is 13.1. The number of hydrogen-bond acceptors (Lipinski definition) is 3. The first-order valence-electron chi connectivity index (χ1n) is 8.07. The van der Waals surface area contributed by atoms with Gasteiger partial charge in [-0.2, -0.15) is 18.3 Å². The third-order valence-corrected chi connectivity index (χ3v) is 4.26. The van der Waals surface area contributed by atoms with E-state index < -0.39 is 23.4 Å². The minimum atomic E-state index is -4.68. The number of rotatable bonds is 4. The third kappa shape index (κ3) is 3.69. The van der Waals surface area contributed by atoms with Crippen LogP contribution >= 0.6 is 0 Å². The first-order valence-corrected chi connectivity index (χ1v) is 8.07. The zero-order valence-electron chi connectivity index (χ0n) is 14.2. The number of carboxylic acid groups (broad SMARTS) is 1. The van der Waals surface area contributed by atoms with Gasteiger partial charge in [0.25, 0.3) is 5.56 Å². The normalized spacial score (nSPS) is 11.7. The largest absolute Gasteiger partial charge is 0.481 e. The predicted molar refractivity (Wildman–Crippen MR) is 93.4 cm³/mol. The van der Waals surface area contributed by atoms with E-state index in [0.717, 1.165) is 11.6 Å². The molecule has 0 unspecified atom stereocenters. The van der Waals surface area contributed by atoms with Gasteiger partial charge in [-0.15, -0.1) is 0 Å². The Hall–Kier alpha value is -3.16. The first-order chi connectivity index (χ1) is 12.7. The Balaban J connectivity index is 2.24. The van der Waals surface area contributed by atoms with Crippen molar-refractivity contribution in [3.63, 3.8) is 0 Å². The molecular formula is C19H15F3N2O3. The molecule has 1 aromatic heterocycles. The molecule has 0 aliphatic carbocycles. The topological polar surface area (TPSA) is 72.2 Å². The fraction of sp³-hybridized carbons (Fsp3) is 0.211. The molecule has 0 saturated heterocycles. The van der Waals surface area contributed by atoms with Crippen LogP contribution in [0.1, 0.15) is 17.7 Å². The standard InChI is InChI=1S/C19H15F3N2O3/c1-24-18(27)15(10-16(23-24)19(20,21)22)14-7-3-5-12-11(8-9-17(25)26)4-2-6-13(12)14/h2-7,10H,8-9H2,1H3,(H,25,26). The Kier molecular flexibility index (Phi) is 4.73. The van der Waals surface area contributed by atoms with E-state index in [1.165, 1.54) is 7.05 Å². The summed E-state index contributed by atoms with van der Waals surface area (Å²) in [6.07, 6.45) is -4.48. The fourth-order valence-corrected chi connectivity index (χ4v) is 3.01. The van der Waals surface area contributed by atoms with Crippen LogP contribution in [-0.4, -0.2) is 20.9 Å². The van der Waals surface area contributed by atoms with E-state index in [9.17, 15) is 22.8 Å². The number of aliphatic carboxylic acids is 1. The molecule has 8 heteroatoms. The molecule has 3 aromatic rings. The summed E-state index contributed by atoms with van der Waals surface area (Å²) < 4.78 is 40.0. The molecule has 0 spiro atoms. The van der Waals surface area contributed by atoms with Crippen molar-refractivity contribution in [3.8, 4) is 11.1 Å². The van der Waals surface area contributed by atoms with E-state index in [-0.39, 0.29) is 18.4 Å². The van der Waals surface area contributed by atoms with Crippen LogP contribution in [0.3, 0.4) is 0 Å². The molecule has 0 radical (unpaired) electrons. The molecule has 0 saturated carbocycles. The number of halogens is 3. The van der Waals surface area contributed by atoms with Crippen molar-refractivity contribution in [2.75, 3.05) is 0 Å². The van der Waals surface area contributed by atoms with Crippen LogP contribution < -0.4 is 5.56 Å². The van der Waals surface area contributed by atoms with E-state index in [0.29, 0.717) is 21.0 Å². The first kappa shape index (κ1) is 18.6. The SMILES string of the molecule is Cn1nc(C(F)(F)F)cc(-c2cccc3c(CCC(=O)O)cccc23)c1=O. The summed E-state index contributed by atoms with van der Waals surface area (Å²) in [4.78, 5) is 23.3. The van der Waals surface area contributed by atoms with Crippen LogP contribution in [0.2, 0.25) is 0 Å². The van der Waals surface area contributed by atoms with Crippen LogP contribution in [0.15, 0.2) is 47.3 Å². The number of aromatic nitrogens is 2. The Labute approximate surface area is 151 Å². The summed E-state index contributed by atoms with van der Waals surface area (Å²) in [6.45, 7) is 0. The zero-order valence-corrected chi connectivity index (χ0v) is 14.2. The van der Waals surface area contributed by atoms with Crippen molar-refractivity contribution in [3.05, 3.63) is 64.1 Å². The lowest BCUT2D eigenvalue weighted by atomic mass is 9.94. The van der Waals surface area contributed by atoms with Crippen LogP contribution in [0.4, 0.5) is 13.2 Å². The summed E-state index contributed by atoms with van der Waals surface area (Å²) in [5.41, 5.74) is -0.817. The highest BCUT2D eigenvalue weighted by molar-refractivity contribution is 5.98. The fourth-order valence-electron chi connectivity index (χ4n) is 3.01. The number of alkyl halides is 3. The van der Waals surface area contributed by atoms with E-state index in [1.54, 1.807) is 36.4 Å². The molecule has 0 bridgehead atoms. The summed E-state index contributed by atoms with van der Waals surface area (Å²) in [7, 11) is 1.17. The Bertz CT molecular complexity index is 1090. The van der Waals surface area contributed by atoms with Gasteiger partial charge in [-0.05, 0) is 34.4 Å². The van der Waals surface area contributed by atoms with Crippen LogP contribution in [-0.2, 0) is 24.4 Å². The second-order valence-electron chi connectivity index (χ2n) is 6.08. The van der Waals surface area contributed by atoms with Crippen molar-refractivity contribution >= 4 is 16.7 Å². The lowest BCUT2D eigenvalue weighted by molar-refractivity contribution is -0.142. The van der Waals surface area contributed by atoms with Gasteiger partial charge < -0.3 is 5.11 Å². The van der Waals surface area contributed by atoms with Crippen LogP contribution in [0.5, 0.6) is 0 Å². The second-order valence-corrected chi connectivity index (χ2v) is 6.08. The van der Waals surface area contributed by atoms with Gasteiger partial charge in [0, 0.05) is 13.5 Å². The number of aryl methyl sites for hydroxylation is 2. The molecule has 0 atom stereocenters. The summed E-state index contributed by atoms with van der Waals surface area (Å²) >= 11 is 0. The number of carbonyl (C=O) groups is 1. The van der Waals surface area contributed by atoms with Gasteiger partial charge in [0.05, 0.1) is 5.56 Å². The van der Waals surface area contributed by atoms with Gasteiger partial charge in [0.15, 0.2) is 5.69 Å². The number of benzene rings is 2. The highest BCUT2D eigenvalue weighted by Crippen LogP contribution is 2.32. The average Bonchev–Trinajstić information content (AvgIpc) is 2.60. The van der Waals surface area contributed by atoms with Gasteiger partial charge in [-0.1, -0.05) is 36.4 Å². The quantitative estimate of drug-likeness (QED) is 0.755. The maximum absolute atomic E-state index is 13.1. The molecule has 27 heavy (non-hydrogen) atoms. The van der Waals surface area contributed by atoms with Gasteiger partial charge >= 0.3 is 12.1 Å². The van der Waals surface area contributed by atoms with Gasteiger partial charge in [-0.25, -0.2) is 4.68 Å². The maximum Gasteiger partial charge on any atom is 0.435 e. The molecule has 0 fully saturated rings. The van der Waals surface area contributed by atoms with Crippen molar-refractivity contribution in [1.29, 1.82) is 0 Å². The van der Waals surface area contributed by atoms with Crippen LogP contribution in [0, 0.1) is 0 Å². The lowest BCUT2D eigenvalue weighted by Gasteiger charge is -2.13. The van der Waals surface area contributed by atoms with E-state index >= 15 is 0 Å². The summed E-state index contributed by atoms with van der Waals surface area (Å²) in [5.74, 6) is -0.944. The Morgan fingerprint density at radius 3 is 2.44 bits per heavy atom. The molecular weight excluding hydrogens is 361 g/mol. The molecule has 3 rings (SSSR count). The Morgan fingerprint density at radius 1 is 1.11 bits per heavy atom. The number of hydrogen-bond donors (Lipinski definition) is 1. The monoisotopic (exact) mass is 376 g/mol. The average molecular weight is 376 g/mol. The van der Waals surface area contributed by atoms with Gasteiger partial charge in [-0.3, -0.25) is 9.59 Å². The molecule has 0 aliphatic heterocycles. The molecule has 0 amide bonds. The summed E-state index contributed by atoms with van der Waals surface area (Å²) in [6, 6.07) is 10.9. The van der Waals surface area contributed by atoms with Gasteiger partial charge in [0.1, 0.15) is 0 Å². The highest BCUT2D eigenvalue weighted by Gasteiger charge is 2.34.